The summed E-state index contributed by atoms with van der Waals surface area (Å²) in [6.45, 7) is 1.81. The smallest absolute Gasteiger partial charge is 0.319 e. The molecule has 0 unspecified atom stereocenters. The van der Waals surface area contributed by atoms with E-state index in [1.807, 2.05) is 30.3 Å². The fraction of sp³-hybridized carbons (Fsp3) is 0.222. The number of phenolic OH excluding ortho intramolecular Hbond substituents is 1. The molecule has 24 heavy (non-hydrogen) atoms. The fourth-order valence-electron chi connectivity index (χ4n) is 2.25. The molecule has 0 atom stereocenters. The highest BCUT2D eigenvalue weighted by molar-refractivity contribution is 6.00. The van der Waals surface area contributed by atoms with Crippen LogP contribution in [0.1, 0.15) is 22.8 Å². The first-order valence-electron chi connectivity index (χ1n) is 7.52. The summed E-state index contributed by atoms with van der Waals surface area (Å²) < 4.78 is 5.12. The van der Waals surface area contributed by atoms with E-state index in [1.165, 1.54) is 26.2 Å². The third-order valence-corrected chi connectivity index (χ3v) is 3.49. The van der Waals surface area contributed by atoms with Gasteiger partial charge in [0.1, 0.15) is 11.5 Å². The summed E-state index contributed by atoms with van der Waals surface area (Å²) in [5.74, 6) is -0.215. The maximum Gasteiger partial charge on any atom is 0.319 e. The number of benzene rings is 2. The number of carbonyl (C=O) groups excluding carboxylic acids is 2. The number of hydrogen-bond donors (Lipinski definition) is 3. The normalized spacial score (nSPS) is 10.1. The summed E-state index contributed by atoms with van der Waals surface area (Å²) in [5.41, 5.74) is 1.56. The van der Waals surface area contributed by atoms with E-state index < -0.39 is 6.03 Å². The van der Waals surface area contributed by atoms with E-state index >= 15 is 0 Å². The van der Waals surface area contributed by atoms with Gasteiger partial charge in [-0.1, -0.05) is 30.3 Å². The Hall–Kier alpha value is -3.02. The van der Waals surface area contributed by atoms with Crippen LogP contribution in [0.2, 0.25) is 0 Å². The number of nitrogens with one attached hydrogen (secondary N) is 2. The average Bonchev–Trinajstić information content (AvgIpc) is 2.56. The molecule has 0 bridgehead atoms. The van der Waals surface area contributed by atoms with Crippen molar-refractivity contribution in [1.82, 2.24) is 5.32 Å². The standard InChI is InChI=1S/C18H20N2O4/c1-12(21)14-10-15(17(24-2)11-16(14)22)20-18(23)19-9-8-13-6-4-3-5-7-13/h3-7,10-11,22H,8-9H2,1-2H3,(H2,19,20,23). The average molecular weight is 328 g/mol. The number of phenols is 1. The highest BCUT2D eigenvalue weighted by atomic mass is 16.5. The second-order valence-electron chi connectivity index (χ2n) is 5.24. The van der Waals surface area contributed by atoms with Crippen molar-refractivity contribution in [1.29, 1.82) is 0 Å². The molecule has 2 rings (SSSR count). The summed E-state index contributed by atoms with van der Waals surface area (Å²) in [6, 6.07) is 12.1. The highest BCUT2D eigenvalue weighted by Crippen LogP contribution is 2.32. The quantitative estimate of drug-likeness (QED) is 0.562. The zero-order valence-electron chi connectivity index (χ0n) is 13.6. The number of ether oxygens (including phenoxy) is 1. The summed E-state index contributed by atoms with van der Waals surface area (Å²) in [5, 5.41) is 15.2. The minimum atomic E-state index is -0.413. The first-order chi connectivity index (χ1) is 11.5. The van der Waals surface area contributed by atoms with Gasteiger partial charge in [0.15, 0.2) is 5.78 Å². The number of aromatic hydroxyl groups is 1. The monoisotopic (exact) mass is 328 g/mol. The van der Waals surface area contributed by atoms with Gasteiger partial charge in [0.05, 0.1) is 18.4 Å². The molecule has 0 aliphatic carbocycles. The minimum Gasteiger partial charge on any atom is -0.507 e. The van der Waals surface area contributed by atoms with Gasteiger partial charge in [-0.25, -0.2) is 4.79 Å². The Bertz CT molecular complexity index is 729. The highest BCUT2D eigenvalue weighted by Gasteiger charge is 2.14. The molecule has 3 N–H and O–H groups in total. The van der Waals surface area contributed by atoms with Crippen LogP contribution in [-0.4, -0.2) is 30.6 Å². The number of methoxy groups -OCH3 is 1. The van der Waals surface area contributed by atoms with Gasteiger partial charge in [-0.05, 0) is 25.0 Å². The molecule has 0 saturated heterocycles. The largest absolute Gasteiger partial charge is 0.507 e. The van der Waals surface area contributed by atoms with Crippen molar-refractivity contribution < 1.29 is 19.4 Å². The van der Waals surface area contributed by atoms with Gasteiger partial charge in [-0.15, -0.1) is 0 Å². The SMILES string of the molecule is COc1cc(O)c(C(C)=O)cc1NC(=O)NCCc1ccccc1. The number of amides is 2. The molecule has 0 radical (unpaired) electrons. The fourth-order valence-corrected chi connectivity index (χ4v) is 2.25. The van der Waals surface area contributed by atoms with E-state index in [-0.39, 0.29) is 22.8 Å². The van der Waals surface area contributed by atoms with Crippen molar-refractivity contribution in [3.8, 4) is 11.5 Å². The number of urea groups is 1. The van der Waals surface area contributed by atoms with Crippen molar-refractivity contribution in [2.45, 2.75) is 13.3 Å². The molecule has 0 aromatic heterocycles. The maximum atomic E-state index is 12.0. The Morgan fingerprint density at radius 1 is 1.17 bits per heavy atom. The van der Waals surface area contributed by atoms with Crippen molar-refractivity contribution >= 4 is 17.5 Å². The van der Waals surface area contributed by atoms with Crippen molar-refractivity contribution in [2.75, 3.05) is 19.0 Å². The molecule has 0 heterocycles. The van der Waals surface area contributed by atoms with Crippen LogP contribution in [0.25, 0.3) is 0 Å². The van der Waals surface area contributed by atoms with Crippen LogP contribution in [0.15, 0.2) is 42.5 Å². The number of ketones is 1. The van der Waals surface area contributed by atoms with Crippen molar-refractivity contribution in [3.05, 3.63) is 53.6 Å². The predicted molar refractivity (Wildman–Crippen MR) is 91.8 cm³/mol. The number of anilines is 1. The summed E-state index contributed by atoms with van der Waals surface area (Å²) >= 11 is 0. The van der Waals surface area contributed by atoms with Gasteiger partial charge in [0.25, 0.3) is 0 Å². The summed E-state index contributed by atoms with van der Waals surface area (Å²) in [4.78, 5) is 23.5. The minimum absolute atomic E-state index is 0.121. The van der Waals surface area contributed by atoms with Crippen LogP contribution in [0.5, 0.6) is 11.5 Å². The first-order valence-corrected chi connectivity index (χ1v) is 7.52. The first kappa shape index (κ1) is 17.3. The molecule has 0 spiro atoms. The number of hydrogen-bond acceptors (Lipinski definition) is 4. The Morgan fingerprint density at radius 2 is 1.88 bits per heavy atom. The molecule has 2 aromatic rings. The lowest BCUT2D eigenvalue weighted by Gasteiger charge is -2.13. The number of rotatable bonds is 6. The topological polar surface area (TPSA) is 87.7 Å². The summed E-state index contributed by atoms with van der Waals surface area (Å²) in [6.07, 6.45) is 0.708. The van der Waals surface area contributed by atoms with Gasteiger partial charge < -0.3 is 20.5 Å². The molecule has 0 fully saturated rings. The van der Waals surface area contributed by atoms with E-state index in [1.54, 1.807) is 0 Å². The van der Waals surface area contributed by atoms with Gasteiger partial charge in [0, 0.05) is 12.6 Å². The van der Waals surface area contributed by atoms with E-state index in [0.29, 0.717) is 18.7 Å². The predicted octanol–water partition coefficient (Wildman–Crippen LogP) is 2.97. The zero-order chi connectivity index (χ0) is 17.5. The van der Waals surface area contributed by atoms with E-state index in [2.05, 4.69) is 10.6 Å². The number of Topliss-reactive ketones (excluding diaryl/α,β-unsaturated/α-hetero) is 1. The van der Waals surface area contributed by atoms with E-state index in [0.717, 1.165) is 5.56 Å². The van der Waals surface area contributed by atoms with Crippen LogP contribution in [-0.2, 0) is 6.42 Å². The molecular formula is C18H20N2O4. The molecule has 0 saturated carbocycles. The van der Waals surface area contributed by atoms with E-state index in [9.17, 15) is 14.7 Å². The zero-order valence-corrected chi connectivity index (χ0v) is 13.6. The molecule has 6 nitrogen and oxygen atoms in total. The molecule has 6 heteroatoms. The molecular weight excluding hydrogens is 308 g/mol. The van der Waals surface area contributed by atoms with Gasteiger partial charge in [0.2, 0.25) is 0 Å². The second-order valence-corrected chi connectivity index (χ2v) is 5.24. The van der Waals surface area contributed by atoms with Crippen LogP contribution in [0.3, 0.4) is 0 Å². The Morgan fingerprint density at radius 3 is 2.50 bits per heavy atom. The van der Waals surface area contributed by atoms with Crippen LogP contribution >= 0.6 is 0 Å². The molecule has 2 amide bonds. The van der Waals surface area contributed by atoms with Gasteiger partial charge >= 0.3 is 6.03 Å². The van der Waals surface area contributed by atoms with Crippen LogP contribution in [0, 0.1) is 0 Å². The second kappa shape index (κ2) is 8.01. The molecule has 0 aliphatic rings. The lowest BCUT2D eigenvalue weighted by Crippen LogP contribution is -2.30. The Balaban J connectivity index is 2.00. The third kappa shape index (κ3) is 4.49. The third-order valence-electron chi connectivity index (χ3n) is 3.49. The lowest BCUT2D eigenvalue weighted by atomic mass is 10.1. The van der Waals surface area contributed by atoms with Crippen molar-refractivity contribution in [3.63, 3.8) is 0 Å². The molecule has 126 valence electrons. The maximum absolute atomic E-state index is 12.0. The summed E-state index contributed by atoms with van der Waals surface area (Å²) in [7, 11) is 1.42. The van der Waals surface area contributed by atoms with Crippen LogP contribution < -0.4 is 15.4 Å². The Kier molecular flexibility index (Phi) is 5.78. The molecule has 0 aliphatic heterocycles. The lowest BCUT2D eigenvalue weighted by molar-refractivity contribution is 0.101. The number of carbonyl (C=O) groups is 2. The van der Waals surface area contributed by atoms with Crippen LogP contribution in [0.4, 0.5) is 10.5 Å². The van der Waals surface area contributed by atoms with Gasteiger partial charge in [-0.2, -0.15) is 0 Å². The van der Waals surface area contributed by atoms with Gasteiger partial charge in [-0.3, -0.25) is 4.79 Å². The Labute approximate surface area is 140 Å². The molecule has 2 aromatic carbocycles. The van der Waals surface area contributed by atoms with E-state index in [4.69, 9.17) is 4.74 Å². The van der Waals surface area contributed by atoms with Crippen molar-refractivity contribution in [2.24, 2.45) is 0 Å².